The predicted octanol–water partition coefficient (Wildman–Crippen LogP) is 0.0613. The fourth-order valence-corrected chi connectivity index (χ4v) is 2.12. The Morgan fingerprint density at radius 2 is 2.53 bits per heavy atom. The Hall–Kier alpha value is -1.50. The molecule has 2 rings (SSSR count). The van der Waals surface area contributed by atoms with Gasteiger partial charge < -0.3 is 14.6 Å². The van der Waals surface area contributed by atoms with Crippen molar-refractivity contribution in [2.75, 3.05) is 33.5 Å². The minimum atomic E-state index is -0.392. The molecule has 1 aromatic rings. The fraction of sp³-hybridized carbons (Fsp3) is 0.538. The van der Waals surface area contributed by atoms with Crippen molar-refractivity contribution in [2.24, 2.45) is 0 Å². The van der Waals surface area contributed by atoms with Crippen molar-refractivity contribution in [1.29, 1.82) is 0 Å². The number of aliphatic hydroxyl groups excluding tert-OH is 1. The molecule has 6 nitrogen and oxygen atoms in total. The minimum absolute atomic E-state index is 0.0282. The second-order valence-corrected chi connectivity index (χ2v) is 4.37. The molecule has 1 aliphatic heterocycles. The van der Waals surface area contributed by atoms with Crippen LogP contribution in [0.5, 0.6) is 0 Å². The number of ether oxygens (including phenoxy) is 2. The normalized spacial score (nSPS) is 20.2. The summed E-state index contributed by atoms with van der Waals surface area (Å²) < 4.78 is 10.1. The molecule has 0 amide bonds. The summed E-state index contributed by atoms with van der Waals surface area (Å²) in [5, 5.41) is 9.33. The van der Waals surface area contributed by atoms with E-state index in [1.165, 1.54) is 7.11 Å². The van der Waals surface area contributed by atoms with Crippen LogP contribution >= 0.6 is 0 Å². The van der Waals surface area contributed by atoms with E-state index >= 15 is 0 Å². The lowest BCUT2D eigenvalue weighted by molar-refractivity contribution is -0.0318. The molecule has 0 saturated carbocycles. The molecule has 1 N–H and O–H groups in total. The molecule has 0 bridgehead atoms. The van der Waals surface area contributed by atoms with E-state index in [-0.39, 0.29) is 12.6 Å². The third kappa shape index (κ3) is 3.28. The van der Waals surface area contributed by atoms with Crippen LogP contribution in [-0.2, 0) is 16.0 Å². The standard InChI is InChI=1S/C13H18N2O4/c1-18-13(17)11-3-2-4-14-12(11)7-15-5-6-19-9-10(15)8-16/h2-4,10,16H,5-9H2,1H3. The first-order chi connectivity index (χ1) is 9.26. The molecule has 104 valence electrons. The maximum absolute atomic E-state index is 11.7. The minimum Gasteiger partial charge on any atom is -0.465 e. The molecule has 1 saturated heterocycles. The maximum Gasteiger partial charge on any atom is 0.339 e. The SMILES string of the molecule is COC(=O)c1cccnc1CN1CCOCC1CO. The molecule has 2 heterocycles. The molecule has 1 unspecified atom stereocenters. The van der Waals surface area contributed by atoms with Crippen LogP contribution in [0.4, 0.5) is 0 Å². The Morgan fingerprint density at radius 1 is 1.68 bits per heavy atom. The van der Waals surface area contributed by atoms with Crippen LogP contribution in [0.3, 0.4) is 0 Å². The van der Waals surface area contributed by atoms with Crippen LogP contribution < -0.4 is 0 Å². The molecule has 0 aliphatic carbocycles. The highest BCUT2D eigenvalue weighted by molar-refractivity contribution is 5.90. The first kappa shape index (κ1) is 13.9. The van der Waals surface area contributed by atoms with Gasteiger partial charge in [-0.3, -0.25) is 9.88 Å². The Labute approximate surface area is 112 Å². The number of methoxy groups -OCH3 is 1. The highest BCUT2D eigenvalue weighted by Crippen LogP contribution is 2.14. The average Bonchev–Trinajstić information content (AvgIpc) is 2.47. The summed E-state index contributed by atoms with van der Waals surface area (Å²) in [5.74, 6) is -0.392. The topological polar surface area (TPSA) is 71.9 Å². The van der Waals surface area contributed by atoms with E-state index in [1.807, 2.05) is 0 Å². The second-order valence-electron chi connectivity index (χ2n) is 4.37. The smallest absolute Gasteiger partial charge is 0.339 e. The number of carbonyl (C=O) groups is 1. The number of pyridine rings is 1. The Balaban J connectivity index is 2.15. The van der Waals surface area contributed by atoms with Gasteiger partial charge in [-0.25, -0.2) is 4.79 Å². The van der Waals surface area contributed by atoms with Gasteiger partial charge in [0.05, 0.1) is 44.2 Å². The van der Waals surface area contributed by atoms with Gasteiger partial charge >= 0.3 is 5.97 Å². The number of hydrogen-bond donors (Lipinski definition) is 1. The number of aromatic nitrogens is 1. The van der Waals surface area contributed by atoms with Gasteiger partial charge in [-0.1, -0.05) is 0 Å². The number of carbonyl (C=O) groups excluding carboxylic acids is 1. The molecular formula is C13H18N2O4. The zero-order valence-corrected chi connectivity index (χ0v) is 10.9. The first-order valence-electron chi connectivity index (χ1n) is 6.21. The van der Waals surface area contributed by atoms with Gasteiger partial charge in [-0.15, -0.1) is 0 Å². The van der Waals surface area contributed by atoms with E-state index in [1.54, 1.807) is 18.3 Å². The van der Waals surface area contributed by atoms with E-state index in [4.69, 9.17) is 9.47 Å². The highest BCUT2D eigenvalue weighted by atomic mass is 16.5. The number of rotatable bonds is 4. The zero-order valence-electron chi connectivity index (χ0n) is 10.9. The molecule has 0 spiro atoms. The summed E-state index contributed by atoms with van der Waals surface area (Å²) in [6.07, 6.45) is 1.65. The monoisotopic (exact) mass is 266 g/mol. The third-order valence-corrected chi connectivity index (χ3v) is 3.21. The quantitative estimate of drug-likeness (QED) is 0.777. The van der Waals surface area contributed by atoms with Crippen molar-refractivity contribution in [3.8, 4) is 0 Å². The summed E-state index contributed by atoms with van der Waals surface area (Å²) in [5.41, 5.74) is 1.13. The summed E-state index contributed by atoms with van der Waals surface area (Å²) in [7, 11) is 1.35. The van der Waals surface area contributed by atoms with E-state index in [0.29, 0.717) is 37.6 Å². The molecule has 1 fully saturated rings. The van der Waals surface area contributed by atoms with Crippen molar-refractivity contribution in [3.63, 3.8) is 0 Å². The van der Waals surface area contributed by atoms with Gasteiger partial charge in [-0.2, -0.15) is 0 Å². The number of aliphatic hydroxyl groups is 1. The van der Waals surface area contributed by atoms with Crippen molar-refractivity contribution in [1.82, 2.24) is 9.88 Å². The van der Waals surface area contributed by atoms with Crippen LogP contribution in [0, 0.1) is 0 Å². The van der Waals surface area contributed by atoms with Crippen LogP contribution in [-0.4, -0.2) is 60.5 Å². The van der Waals surface area contributed by atoms with Crippen LogP contribution in [0.1, 0.15) is 16.1 Å². The van der Waals surface area contributed by atoms with Crippen molar-refractivity contribution in [2.45, 2.75) is 12.6 Å². The van der Waals surface area contributed by atoms with E-state index in [2.05, 4.69) is 9.88 Å². The fourth-order valence-electron chi connectivity index (χ4n) is 2.12. The average molecular weight is 266 g/mol. The predicted molar refractivity (Wildman–Crippen MR) is 67.7 cm³/mol. The molecule has 1 aromatic heterocycles. The zero-order chi connectivity index (χ0) is 13.7. The van der Waals surface area contributed by atoms with Crippen LogP contribution in [0.25, 0.3) is 0 Å². The first-order valence-corrected chi connectivity index (χ1v) is 6.21. The lowest BCUT2D eigenvalue weighted by Crippen LogP contribution is -2.47. The molecule has 0 aromatic carbocycles. The summed E-state index contributed by atoms with van der Waals surface area (Å²) in [6, 6.07) is 3.35. The summed E-state index contributed by atoms with van der Waals surface area (Å²) in [4.78, 5) is 18.0. The number of hydrogen-bond acceptors (Lipinski definition) is 6. The van der Waals surface area contributed by atoms with Gasteiger partial charge in [-0.05, 0) is 12.1 Å². The Morgan fingerprint density at radius 3 is 3.26 bits per heavy atom. The lowest BCUT2D eigenvalue weighted by Gasteiger charge is -2.34. The van der Waals surface area contributed by atoms with Crippen molar-refractivity contribution >= 4 is 5.97 Å². The van der Waals surface area contributed by atoms with E-state index < -0.39 is 5.97 Å². The number of esters is 1. The maximum atomic E-state index is 11.7. The van der Waals surface area contributed by atoms with Gasteiger partial charge in [0.2, 0.25) is 0 Å². The van der Waals surface area contributed by atoms with E-state index in [0.717, 1.165) is 0 Å². The van der Waals surface area contributed by atoms with Crippen molar-refractivity contribution in [3.05, 3.63) is 29.6 Å². The lowest BCUT2D eigenvalue weighted by atomic mass is 10.1. The molecule has 0 radical (unpaired) electrons. The van der Waals surface area contributed by atoms with Gasteiger partial charge in [0, 0.05) is 19.3 Å². The molecular weight excluding hydrogens is 248 g/mol. The molecule has 19 heavy (non-hydrogen) atoms. The molecule has 6 heteroatoms. The highest BCUT2D eigenvalue weighted by Gasteiger charge is 2.24. The van der Waals surface area contributed by atoms with Crippen LogP contribution in [0.2, 0.25) is 0 Å². The Kier molecular flexibility index (Phi) is 4.84. The molecule has 1 atom stereocenters. The third-order valence-electron chi connectivity index (χ3n) is 3.21. The largest absolute Gasteiger partial charge is 0.465 e. The second kappa shape index (κ2) is 6.60. The number of morpholine rings is 1. The number of nitrogens with zero attached hydrogens (tertiary/aromatic N) is 2. The van der Waals surface area contributed by atoms with Gasteiger partial charge in [0.1, 0.15) is 0 Å². The molecule has 1 aliphatic rings. The van der Waals surface area contributed by atoms with E-state index in [9.17, 15) is 9.90 Å². The summed E-state index contributed by atoms with van der Waals surface area (Å²) >= 11 is 0. The summed E-state index contributed by atoms with van der Waals surface area (Å²) in [6.45, 7) is 2.36. The van der Waals surface area contributed by atoms with Crippen LogP contribution in [0.15, 0.2) is 18.3 Å². The van der Waals surface area contributed by atoms with Crippen molar-refractivity contribution < 1.29 is 19.4 Å². The Bertz CT molecular complexity index is 438. The van der Waals surface area contributed by atoms with Gasteiger partial charge in [0.25, 0.3) is 0 Å². The van der Waals surface area contributed by atoms with Gasteiger partial charge in [0.15, 0.2) is 0 Å².